The number of hydrogen-bond acceptors (Lipinski definition) is 6. The Balaban J connectivity index is 1.65. The Morgan fingerprint density at radius 3 is 2.82 bits per heavy atom. The summed E-state index contributed by atoms with van der Waals surface area (Å²) in [6, 6.07) is 7.24. The van der Waals surface area contributed by atoms with E-state index in [1.54, 1.807) is 24.5 Å². The first-order valence-corrected chi connectivity index (χ1v) is 9.61. The van der Waals surface area contributed by atoms with Crippen molar-refractivity contribution in [1.29, 1.82) is 0 Å². The van der Waals surface area contributed by atoms with Crippen molar-refractivity contribution in [3.8, 4) is 11.5 Å². The molecule has 1 aliphatic rings. The molecule has 0 bridgehead atoms. The van der Waals surface area contributed by atoms with Crippen LogP contribution in [-0.2, 0) is 10.2 Å². The summed E-state index contributed by atoms with van der Waals surface area (Å²) in [5.74, 6) is 1.05. The van der Waals surface area contributed by atoms with Gasteiger partial charge in [0.1, 0.15) is 22.4 Å². The maximum Gasteiger partial charge on any atom is 0.182 e. The average Bonchev–Trinajstić information content (AvgIpc) is 3.33. The summed E-state index contributed by atoms with van der Waals surface area (Å²) in [6.45, 7) is 0.387. The third-order valence-corrected chi connectivity index (χ3v) is 5.74. The first kappa shape index (κ1) is 17.3. The summed E-state index contributed by atoms with van der Waals surface area (Å²) < 4.78 is 2.40. The van der Waals surface area contributed by atoms with Crippen LogP contribution in [0.1, 0.15) is 11.1 Å². The molecule has 0 saturated heterocycles. The number of carbonyl (C=O) groups excluding carboxylic acids is 1. The van der Waals surface area contributed by atoms with E-state index in [-0.39, 0.29) is 0 Å². The molecule has 3 aromatic heterocycles. The highest BCUT2D eigenvalue weighted by molar-refractivity contribution is 9.10. The maximum absolute atomic E-state index is 12.2. The minimum atomic E-state index is -0.890. The second-order valence-electron chi connectivity index (χ2n) is 6.48. The minimum Gasteiger partial charge on any atom is -0.368 e. The van der Waals surface area contributed by atoms with Crippen LogP contribution in [0, 0.1) is 0 Å². The van der Waals surface area contributed by atoms with Crippen LogP contribution in [0.2, 0.25) is 5.02 Å². The van der Waals surface area contributed by atoms with E-state index >= 15 is 0 Å². The van der Waals surface area contributed by atoms with Crippen LogP contribution in [0.25, 0.3) is 17.2 Å². The average molecular weight is 456 g/mol. The van der Waals surface area contributed by atoms with Crippen LogP contribution < -0.4 is 5.32 Å². The molecule has 4 aromatic rings. The van der Waals surface area contributed by atoms with Crippen LogP contribution in [-0.4, -0.2) is 37.2 Å². The van der Waals surface area contributed by atoms with Crippen LogP contribution in [0.3, 0.4) is 0 Å². The number of aromatic nitrogens is 5. The van der Waals surface area contributed by atoms with E-state index in [9.17, 15) is 4.79 Å². The van der Waals surface area contributed by atoms with Crippen molar-refractivity contribution in [3.63, 3.8) is 0 Å². The SMILES string of the molecule is O=CC1(c2ccc(Cl)cc2)CNc2nc(-c3cn4ccnc4cn3)nc(Br)c21. The first-order valence-electron chi connectivity index (χ1n) is 8.44. The number of anilines is 1. The summed E-state index contributed by atoms with van der Waals surface area (Å²) in [4.78, 5) is 30.0. The summed E-state index contributed by atoms with van der Waals surface area (Å²) in [5, 5.41) is 3.86. The summed E-state index contributed by atoms with van der Waals surface area (Å²) >= 11 is 9.55. The molecule has 0 amide bonds. The Morgan fingerprint density at radius 1 is 1.21 bits per heavy atom. The van der Waals surface area contributed by atoms with Crippen molar-refractivity contribution in [2.24, 2.45) is 0 Å². The first-order chi connectivity index (χ1) is 13.6. The number of halogens is 2. The van der Waals surface area contributed by atoms with Crippen LogP contribution in [0.4, 0.5) is 5.82 Å². The third-order valence-electron chi connectivity index (χ3n) is 4.91. The second kappa shape index (κ2) is 6.35. The van der Waals surface area contributed by atoms with Gasteiger partial charge in [-0.2, -0.15) is 0 Å². The molecule has 1 aliphatic heterocycles. The molecule has 0 aliphatic carbocycles. The summed E-state index contributed by atoms with van der Waals surface area (Å²) in [6.07, 6.45) is 7.94. The lowest BCUT2D eigenvalue weighted by molar-refractivity contribution is -0.110. The van der Waals surface area contributed by atoms with Gasteiger partial charge in [0.15, 0.2) is 11.5 Å². The second-order valence-corrected chi connectivity index (χ2v) is 7.66. The Labute approximate surface area is 173 Å². The van der Waals surface area contributed by atoms with Crippen molar-refractivity contribution in [3.05, 3.63) is 69.8 Å². The van der Waals surface area contributed by atoms with Gasteiger partial charge in [0.05, 0.1) is 11.6 Å². The summed E-state index contributed by atoms with van der Waals surface area (Å²) in [5.41, 5.74) is 1.99. The van der Waals surface area contributed by atoms with Gasteiger partial charge in [0.25, 0.3) is 0 Å². The molecule has 1 N–H and O–H groups in total. The predicted molar refractivity (Wildman–Crippen MR) is 108 cm³/mol. The molecule has 1 unspecified atom stereocenters. The number of nitrogens with zero attached hydrogens (tertiary/aromatic N) is 5. The van der Waals surface area contributed by atoms with E-state index in [4.69, 9.17) is 11.6 Å². The van der Waals surface area contributed by atoms with E-state index in [0.29, 0.717) is 39.1 Å². The lowest BCUT2D eigenvalue weighted by Gasteiger charge is -2.23. The normalized spacial score (nSPS) is 18.1. The third kappa shape index (κ3) is 2.52. The van der Waals surface area contributed by atoms with E-state index in [0.717, 1.165) is 17.5 Å². The van der Waals surface area contributed by atoms with Gasteiger partial charge in [-0.25, -0.2) is 19.9 Å². The molecule has 9 heteroatoms. The summed E-state index contributed by atoms with van der Waals surface area (Å²) in [7, 11) is 0. The van der Waals surface area contributed by atoms with E-state index < -0.39 is 5.41 Å². The Bertz CT molecular complexity index is 1230. The zero-order valence-corrected chi connectivity index (χ0v) is 16.6. The smallest absolute Gasteiger partial charge is 0.182 e. The number of hydrogen-bond donors (Lipinski definition) is 1. The molecule has 0 fully saturated rings. The number of carbonyl (C=O) groups is 1. The number of benzene rings is 1. The van der Waals surface area contributed by atoms with Gasteiger partial charge in [0.2, 0.25) is 0 Å². The molecule has 4 heterocycles. The Kier molecular flexibility index (Phi) is 3.92. The quantitative estimate of drug-likeness (QED) is 0.376. The monoisotopic (exact) mass is 454 g/mol. The maximum atomic E-state index is 12.2. The van der Waals surface area contributed by atoms with Crippen LogP contribution in [0.5, 0.6) is 0 Å². The van der Waals surface area contributed by atoms with Crippen LogP contribution in [0.15, 0.2) is 53.7 Å². The van der Waals surface area contributed by atoms with Crippen molar-refractivity contribution in [1.82, 2.24) is 24.3 Å². The van der Waals surface area contributed by atoms with Gasteiger partial charge in [-0.05, 0) is 33.6 Å². The Morgan fingerprint density at radius 2 is 2.04 bits per heavy atom. The topological polar surface area (TPSA) is 85.1 Å². The highest BCUT2D eigenvalue weighted by Gasteiger charge is 2.44. The molecular weight excluding hydrogens is 444 g/mol. The molecule has 5 rings (SSSR count). The predicted octanol–water partition coefficient (Wildman–Crippen LogP) is 3.51. The van der Waals surface area contributed by atoms with Gasteiger partial charge >= 0.3 is 0 Å². The highest BCUT2D eigenvalue weighted by atomic mass is 79.9. The number of nitrogens with one attached hydrogen (secondary N) is 1. The van der Waals surface area contributed by atoms with E-state index in [2.05, 4.69) is 41.2 Å². The molecule has 1 atom stereocenters. The largest absolute Gasteiger partial charge is 0.368 e. The number of fused-ring (bicyclic) bond motifs is 2. The van der Waals surface area contributed by atoms with E-state index in [1.807, 2.05) is 28.9 Å². The van der Waals surface area contributed by atoms with Crippen LogP contribution >= 0.6 is 27.5 Å². The van der Waals surface area contributed by atoms with E-state index in [1.165, 1.54) is 0 Å². The fourth-order valence-corrected chi connectivity index (χ4v) is 4.32. The van der Waals surface area contributed by atoms with Crippen molar-refractivity contribution in [2.75, 3.05) is 11.9 Å². The zero-order chi connectivity index (χ0) is 19.3. The molecule has 138 valence electrons. The molecule has 1 aromatic carbocycles. The number of aldehydes is 1. The molecule has 0 radical (unpaired) electrons. The fourth-order valence-electron chi connectivity index (χ4n) is 3.49. The van der Waals surface area contributed by atoms with Gasteiger partial charge in [-0.15, -0.1) is 0 Å². The minimum absolute atomic E-state index is 0.387. The lowest BCUT2D eigenvalue weighted by atomic mass is 9.78. The zero-order valence-electron chi connectivity index (χ0n) is 14.3. The van der Waals surface area contributed by atoms with Gasteiger partial charge in [-0.1, -0.05) is 23.7 Å². The lowest BCUT2D eigenvalue weighted by Crippen LogP contribution is -2.32. The van der Waals surface area contributed by atoms with Crippen molar-refractivity contribution in [2.45, 2.75) is 5.41 Å². The van der Waals surface area contributed by atoms with Gasteiger partial charge in [-0.3, -0.25) is 0 Å². The molecule has 0 spiro atoms. The fraction of sp³-hybridized carbons (Fsp3) is 0.105. The van der Waals surface area contributed by atoms with Crippen molar-refractivity contribution < 1.29 is 4.79 Å². The molecule has 28 heavy (non-hydrogen) atoms. The molecular formula is C19H12BrClN6O. The highest BCUT2D eigenvalue weighted by Crippen LogP contribution is 2.43. The standard InChI is InChI=1S/C19H12BrClN6O/c20-16-15-18(24-9-19(15,10-28)11-1-3-12(21)4-2-11)26-17(25-16)13-8-27-6-5-22-14(27)7-23-13/h1-8,10H,9H2,(H,24,25,26). The molecule has 0 saturated carbocycles. The molecule has 7 nitrogen and oxygen atoms in total. The number of rotatable bonds is 3. The Hall–Kier alpha value is -2.84. The van der Waals surface area contributed by atoms with Crippen molar-refractivity contribution >= 4 is 45.3 Å². The van der Waals surface area contributed by atoms with Gasteiger partial charge in [0, 0.05) is 35.7 Å². The number of imidazole rings is 1. The van der Waals surface area contributed by atoms with Gasteiger partial charge < -0.3 is 14.5 Å².